The van der Waals surface area contributed by atoms with Gasteiger partial charge in [0.1, 0.15) is 12.8 Å². The van der Waals surface area contributed by atoms with Gasteiger partial charge in [-0.1, -0.05) is 75.4 Å². The van der Waals surface area contributed by atoms with E-state index in [9.17, 15) is 24.0 Å². The van der Waals surface area contributed by atoms with E-state index in [4.69, 9.17) is 4.74 Å². The summed E-state index contributed by atoms with van der Waals surface area (Å²) < 4.78 is 5.64. The number of aryl methyl sites for hydroxylation is 1. The molecule has 0 aliphatic carbocycles. The second kappa shape index (κ2) is 21.1. The molecule has 3 rings (SSSR count). The number of thiophene rings is 1. The van der Waals surface area contributed by atoms with Crippen molar-refractivity contribution in [2.24, 2.45) is 0 Å². The smallest absolute Gasteiger partial charge is 0.243 e. The highest BCUT2D eigenvalue weighted by molar-refractivity contribution is 8.01. The third kappa shape index (κ3) is 15.1. The molecule has 0 saturated carbocycles. The average molecular weight is 724 g/mol. The minimum atomic E-state index is -1.00. The summed E-state index contributed by atoms with van der Waals surface area (Å²) in [5, 5.41) is 12.9. The molecule has 0 fully saturated rings. The number of rotatable bonds is 21. The van der Waals surface area contributed by atoms with Gasteiger partial charge in [0.05, 0.1) is 32.0 Å². The van der Waals surface area contributed by atoms with E-state index in [0.29, 0.717) is 6.61 Å². The number of benzene rings is 2. The van der Waals surface area contributed by atoms with Gasteiger partial charge in [0.25, 0.3) is 0 Å². The summed E-state index contributed by atoms with van der Waals surface area (Å²) in [6.07, 6.45) is 2.87. The molecule has 5 amide bonds. The SMILES string of the molecule is CCC(C)(CC)SCC(=O)NCC(=O)NCC(=O)NC(Cc1ccccc1)C(=O)NCC(=O)NCOCc1cccc(Cc2ccc(C)s2)c1. The summed E-state index contributed by atoms with van der Waals surface area (Å²) in [7, 11) is 0. The van der Waals surface area contributed by atoms with Crippen LogP contribution in [-0.2, 0) is 48.2 Å². The zero-order valence-corrected chi connectivity index (χ0v) is 30.9. The van der Waals surface area contributed by atoms with Gasteiger partial charge in [-0.05, 0) is 48.6 Å². The molecule has 3 aromatic rings. The first kappa shape index (κ1) is 40.2. The summed E-state index contributed by atoms with van der Waals surface area (Å²) >= 11 is 3.32. The van der Waals surface area contributed by atoms with Crippen molar-refractivity contribution in [3.8, 4) is 0 Å². The first-order valence-corrected chi connectivity index (χ1v) is 18.5. The lowest BCUT2D eigenvalue weighted by molar-refractivity contribution is -0.131. The van der Waals surface area contributed by atoms with Crippen LogP contribution in [0, 0.1) is 6.92 Å². The van der Waals surface area contributed by atoms with Crippen molar-refractivity contribution in [3.63, 3.8) is 0 Å². The van der Waals surface area contributed by atoms with Crippen LogP contribution in [0.3, 0.4) is 0 Å². The lowest BCUT2D eigenvalue weighted by Gasteiger charge is -2.25. The molecular formula is C37H49N5O6S2. The largest absolute Gasteiger partial charge is 0.357 e. The highest BCUT2D eigenvalue weighted by Crippen LogP contribution is 2.31. The van der Waals surface area contributed by atoms with Crippen LogP contribution in [0.15, 0.2) is 66.7 Å². The van der Waals surface area contributed by atoms with Crippen LogP contribution in [-0.4, -0.2) is 72.4 Å². The van der Waals surface area contributed by atoms with E-state index in [1.54, 1.807) is 23.1 Å². The van der Waals surface area contributed by atoms with Crippen LogP contribution >= 0.6 is 23.1 Å². The van der Waals surface area contributed by atoms with E-state index < -0.39 is 29.7 Å². The fourth-order valence-corrected chi connectivity index (χ4v) is 6.65. The monoisotopic (exact) mass is 723 g/mol. The Morgan fingerprint density at radius 3 is 2.10 bits per heavy atom. The summed E-state index contributed by atoms with van der Waals surface area (Å²) in [4.78, 5) is 65.3. The normalized spacial score (nSPS) is 11.7. The number of hydrogen-bond donors (Lipinski definition) is 5. The molecule has 1 atom stereocenters. The standard InChI is InChI=1S/C37H49N5O6S2/c1-5-37(4,6-2)49-24-35(46)39-20-32(43)38-22-34(45)42-31(19-27-11-8-7-9-12-27)36(47)40-21-33(44)41-25-48-23-29-14-10-13-28(17-29)18-30-16-15-26(3)50-30/h7-17,31H,5-6,18-25H2,1-4H3,(H,38,43)(H,39,46)(H,40,47)(H,41,44)(H,42,45). The van der Waals surface area contributed by atoms with Gasteiger partial charge in [-0.2, -0.15) is 0 Å². The number of thioether (sulfide) groups is 1. The van der Waals surface area contributed by atoms with Crippen LogP contribution < -0.4 is 26.6 Å². The first-order valence-electron chi connectivity index (χ1n) is 16.7. The topological polar surface area (TPSA) is 155 Å². The Bertz CT molecular complexity index is 1560. The quantitative estimate of drug-likeness (QED) is 0.0831. The minimum Gasteiger partial charge on any atom is -0.357 e. The molecule has 2 aromatic carbocycles. The van der Waals surface area contributed by atoms with Crippen molar-refractivity contribution in [2.75, 3.05) is 32.1 Å². The van der Waals surface area contributed by atoms with E-state index in [1.807, 2.05) is 42.5 Å². The van der Waals surface area contributed by atoms with E-state index in [0.717, 1.165) is 30.4 Å². The molecule has 0 saturated heterocycles. The number of nitrogens with one attached hydrogen (secondary N) is 5. The third-order valence-corrected chi connectivity index (χ3v) is 10.8. The minimum absolute atomic E-state index is 0.00400. The van der Waals surface area contributed by atoms with Crippen molar-refractivity contribution in [2.45, 2.75) is 70.8 Å². The lowest BCUT2D eigenvalue weighted by Crippen LogP contribution is -2.52. The molecular weight excluding hydrogens is 675 g/mol. The Morgan fingerprint density at radius 2 is 1.40 bits per heavy atom. The van der Waals surface area contributed by atoms with Gasteiger partial charge < -0.3 is 31.3 Å². The number of ether oxygens (including phenoxy) is 1. The Labute approximate surface area is 303 Å². The Kier molecular flexibility index (Phi) is 17.0. The van der Waals surface area contributed by atoms with Crippen molar-refractivity contribution in [1.82, 2.24) is 26.6 Å². The number of carbonyl (C=O) groups is 5. The first-order chi connectivity index (χ1) is 24.0. The van der Waals surface area contributed by atoms with Gasteiger partial charge in [0.15, 0.2) is 0 Å². The zero-order chi connectivity index (χ0) is 36.4. The molecule has 13 heteroatoms. The summed E-state index contributed by atoms with van der Waals surface area (Å²) in [6, 6.07) is 20.5. The molecule has 11 nitrogen and oxygen atoms in total. The summed E-state index contributed by atoms with van der Waals surface area (Å²) in [5.41, 5.74) is 2.96. The van der Waals surface area contributed by atoms with Crippen LogP contribution in [0.2, 0.25) is 0 Å². The third-order valence-electron chi connectivity index (χ3n) is 8.10. The molecule has 1 unspecified atom stereocenters. The van der Waals surface area contributed by atoms with E-state index in [1.165, 1.54) is 15.3 Å². The second-order valence-corrected chi connectivity index (χ2v) is 15.1. The number of hydrogen-bond acceptors (Lipinski definition) is 8. The van der Waals surface area contributed by atoms with E-state index >= 15 is 0 Å². The molecule has 0 aliphatic heterocycles. The van der Waals surface area contributed by atoms with Crippen molar-refractivity contribution >= 4 is 52.6 Å². The maximum absolute atomic E-state index is 13.1. The zero-order valence-electron chi connectivity index (χ0n) is 29.3. The molecule has 0 bridgehead atoms. The Balaban J connectivity index is 1.40. The van der Waals surface area contributed by atoms with Gasteiger partial charge in [-0.3, -0.25) is 24.0 Å². The van der Waals surface area contributed by atoms with Gasteiger partial charge in [0, 0.05) is 27.3 Å². The highest BCUT2D eigenvalue weighted by Gasteiger charge is 2.23. The average Bonchev–Trinajstić information content (AvgIpc) is 3.53. The van der Waals surface area contributed by atoms with Crippen LogP contribution in [0.25, 0.3) is 0 Å². The predicted molar refractivity (Wildman–Crippen MR) is 199 cm³/mol. The highest BCUT2D eigenvalue weighted by atomic mass is 32.2. The Morgan fingerprint density at radius 1 is 0.760 bits per heavy atom. The van der Waals surface area contributed by atoms with Crippen molar-refractivity contribution < 1.29 is 28.7 Å². The summed E-state index contributed by atoms with van der Waals surface area (Å²) in [6.45, 7) is 7.64. The van der Waals surface area contributed by atoms with Crippen molar-refractivity contribution in [3.05, 3.63) is 93.2 Å². The molecule has 1 heterocycles. The maximum atomic E-state index is 13.1. The second-order valence-electron chi connectivity index (χ2n) is 12.1. The van der Waals surface area contributed by atoms with E-state index in [2.05, 4.69) is 78.5 Å². The maximum Gasteiger partial charge on any atom is 0.243 e. The predicted octanol–water partition coefficient (Wildman–Crippen LogP) is 3.63. The van der Waals surface area contributed by atoms with Gasteiger partial charge in [0.2, 0.25) is 29.5 Å². The molecule has 270 valence electrons. The lowest BCUT2D eigenvalue weighted by atomic mass is 10.1. The van der Waals surface area contributed by atoms with Crippen LogP contribution in [0.4, 0.5) is 0 Å². The summed E-state index contributed by atoms with van der Waals surface area (Å²) in [5.74, 6) is -2.16. The Hall–Kier alpha value is -4.20. The molecule has 5 N–H and O–H groups in total. The molecule has 50 heavy (non-hydrogen) atoms. The van der Waals surface area contributed by atoms with Crippen LogP contribution in [0.5, 0.6) is 0 Å². The number of amides is 5. The van der Waals surface area contributed by atoms with E-state index in [-0.39, 0.29) is 49.2 Å². The van der Waals surface area contributed by atoms with Gasteiger partial charge in [-0.25, -0.2) is 0 Å². The van der Waals surface area contributed by atoms with Crippen LogP contribution in [0.1, 0.15) is 60.1 Å². The molecule has 0 aliphatic rings. The number of carbonyl (C=O) groups excluding carboxylic acids is 5. The molecule has 1 aromatic heterocycles. The fourth-order valence-electron chi connectivity index (χ4n) is 4.73. The van der Waals surface area contributed by atoms with Crippen molar-refractivity contribution in [1.29, 1.82) is 0 Å². The van der Waals surface area contributed by atoms with Gasteiger partial charge >= 0.3 is 0 Å². The van der Waals surface area contributed by atoms with Gasteiger partial charge in [-0.15, -0.1) is 23.1 Å². The fraction of sp³-hybridized carbons (Fsp3) is 0.432. The molecule has 0 radical (unpaired) electrons. The molecule has 0 spiro atoms.